The third-order valence-electron chi connectivity index (χ3n) is 6.91. The Balaban J connectivity index is 1.38. The number of aryl methyl sites for hydroxylation is 1. The van der Waals surface area contributed by atoms with E-state index in [0.717, 1.165) is 36.7 Å². The van der Waals surface area contributed by atoms with Crippen molar-refractivity contribution < 1.29 is 23.4 Å². The average molecular weight is 493 g/mol. The molecule has 4 rings (SSSR count). The number of ether oxygens (including phenoxy) is 1. The van der Waals surface area contributed by atoms with E-state index in [2.05, 4.69) is 21.7 Å². The molecule has 1 saturated heterocycles. The average Bonchev–Trinajstić information content (AvgIpc) is 2.86. The first-order valence-electron chi connectivity index (χ1n) is 12.2. The van der Waals surface area contributed by atoms with Gasteiger partial charge in [-0.25, -0.2) is 8.78 Å². The number of hydrogen-bond donors (Lipinski definition) is 1. The van der Waals surface area contributed by atoms with E-state index in [1.165, 1.54) is 18.3 Å². The second kappa shape index (κ2) is 12.0. The van der Waals surface area contributed by atoms with E-state index >= 15 is 0 Å². The lowest BCUT2D eigenvalue weighted by atomic mass is 9.80. The molecule has 2 atom stereocenters. The fourth-order valence-electron chi connectivity index (χ4n) is 5.08. The molecule has 0 aliphatic carbocycles. The van der Waals surface area contributed by atoms with Gasteiger partial charge in [0, 0.05) is 23.9 Å². The summed E-state index contributed by atoms with van der Waals surface area (Å²) < 4.78 is 33.3. The SMILES string of the molecule is COc1ccc2ncc(F)c(CCCC3CCN(CC#Cc4cccc(F)c4)CC3CC(=O)O)c2c1. The normalized spacial score (nSPS) is 18.0. The van der Waals surface area contributed by atoms with Gasteiger partial charge in [-0.05, 0) is 86.0 Å². The highest BCUT2D eigenvalue weighted by molar-refractivity contribution is 5.83. The van der Waals surface area contributed by atoms with Gasteiger partial charge in [-0.15, -0.1) is 0 Å². The van der Waals surface area contributed by atoms with Crippen LogP contribution in [0, 0.1) is 35.3 Å². The number of hydrogen-bond acceptors (Lipinski definition) is 4. The van der Waals surface area contributed by atoms with Gasteiger partial charge in [0.25, 0.3) is 0 Å². The van der Waals surface area contributed by atoms with Crippen LogP contribution in [0.25, 0.3) is 10.9 Å². The van der Waals surface area contributed by atoms with Gasteiger partial charge in [0.2, 0.25) is 0 Å². The molecular weight excluding hydrogens is 462 g/mol. The van der Waals surface area contributed by atoms with Crippen LogP contribution < -0.4 is 4.74 Å². The van der Waals surface area contributed by atoms with Gasteiger partial charge >= 0.3 is 5.97 Å². The van der Waals surface area contributed by atoms with E-state index in [0.29, 0.717) is 36.4 Å². The fraction of sp³-hybridized carbons (Fsp3) is 0.379. The Labute approximate surface area is 210 Å². The van der Waals surface area contributed by atoms with Crippen LogP contribution in [0.5, 0.6) is 5.75 Å². The Hall–Kier alpha value is -3.50. The topological polar surface area (TPSA) is 62.7 Å². The number of piperidine rings is 1. The van der Waals surface area contributed by atoms with Crippen molar-refractivity contribution in [2.24, 2.45) is 11.8 Å². The van der Waals surface area contributed by atoms with Crippen molar-refractivity contribution in [3.8, 4) is 17.6 Å². The smallest absolute Gasteiger partial charge is 0.303 e. The first-order chi connectivity index (χ1) is 17.4. The summed E-state index contributed by atoms with van der Waals surface area (Å²) in [6.07, 6.45) is 4.37. The predicted molar refractivity (Wildman–Crippen MR) is 135 cm³/mol. The van der Waals surface area contributed by atoms with E-state index in [-0.39, 0.29) is 29.9 Å². The zero-order valence-electron chi connectivity index (χ0n) is 20.3. The number of carboxylic acids is 1. The van der Waals surface area contributed by atoms with Crippen molar-refractivity contribution in [1.29, 1.82) is 0 Å². The van der Waals surface area contributed by atoms with Crippen molar-refractivity contribution in [2.75, 3.05) is 26.7 Å². The zero-order chi connectivity index (χ0) is 25.5. The highest BCUT2D eigenvalue weighted by Crippen LogP contribution is 2.32. The lowest BCUT2D eigenvalue weighted by Gasteiger charge is -2.37. The Morgan fingerprint density at radius 3 is 2.86 bits per heavy atom. The summed E-state index contributed by atoms with van der Waals surface area (Å²) in [5.41, 5.74) is 1.97. The number of carbonyl (C=O) groups is 1. The predicted octanol–water partition coefficient (Wildman–Crippen LogP) is 5.31. The fourth-order valence-corrected chi connectivity index (χ4v) is 5.08. The molecule has 1 aliphatic heterocycles. The van der Waals surface area contributed by atoms with Gasteiger partial charge in [0.1, 0.15) is 17.4 Å². The molecule has 188 valence electrons. The molecule has 1 fully saturated rings. The van der Waals surface area contributed by atoms with Crippen LogP contribution in [-0.4, -0.2) is 47.7 Å². The van der Waals surface area contributed by atoms with E-state index in [1.54, 1.807) is 19.2 Å². The van der Waals surface area contributed by atoms with E-state index in [1.807, 2.05) is 18.2 Å². The van der Waals surface area contributed by atoms with Crippen molar-refractivity contribution >= 4 is 16.9 Å². The van der Waals surface area contributed by atoms with Crippen molar-refractivity contribution in [2.45, 2.75) is 32.1 Å². The standard InChI is InChI=1S/C29H30F2N2O3/c1-36-24-10-11-28-26(17-24)25(27(31)18-32-28)9-3-7-21-12-14-33(19-22(21)16-29(34)35)13-4-6-20-5-2-8-23(30)15-20/h2,5,8,10-11,15,17-18,21-22H,3,7,9,12-14,16,19H2,1H3,(H,34,35). The summed E-state index contributed by atoms with van der Waals surface area (Å²) in [6.45, 7) is 1.98. The molecule has 0 saturated carbocycles. The van der Waals surface area contributed by atoms with Crippen LogP contribution in [0.2, 0.25) is 0 Å². The number of likely N-dealkylation sites (tertiary alicyclic amines) is 1. The van der Waals surface area contributed by atoms with Gasteiger partial charge < -0.3 is 9.84 Å². The number of methoxy groups -OCH3 is 1. The number of nitrogens with zero attached hydrogens (tertiary/aromatic N) is 2. The van der Waals surface area contributed by atoms with Crippen LogP contribution in [0.4, 0.5) is 8.78 Å². The Morgan fingerprint density at radius 1 is 1.22 bits per heavy atom. The molecular formula is C29H30F2N2O3. The first kappa shape index (κ1) is 25.6. The van der Waals surface area contributed by atoms with Gasteiger partial charge in [0.05, 0.1) is 25.4 Å². The maximum atomic E-state index is 14.7. The molecule has 3 aromatic rings. The molecule has 7 heteroatoms. The van der Waals surface area contributed by atoms with Crippen LogP contribution in [0.3, 0.4) is 0 Å². The Kier molecular flexibility index (Phi) is 8.50. The number of halogens is 2. The number of fused-ring (bicyclic) bond motifs is 1. The minimum atomic E-state index is -0.809. The summed E-state index contributed by atoms with van der Waals surface area (Å²) in [5.74, 6) is 5.53. The van der Waals surface area contributed by atoms with Crippen LogP contribution in [0.15, 0.2) is 48.7 Å². The molecule has 1 aromatic heterocycles. The lowest BCUT2D eigenvalue weighted by Crippen LogP contribution is -2.41. The second-order valence-electron chi connectivity index (χ2n) is 9.31. The number of rotatable bonds is 8. The van der Waals surface area contributed by atoms with Crippen LogP contribution in [-0.2, 0) is 11.2 Å². The molecule has 0 spiro atoms. The number of aliphatic carboxylic acids is 1. The van der Waals surface area contributed by atoms with Gasteiger partial charge in [-0.1, -0.05) is 17.9 Å². The third-order valence-corrected chi connectivity index (χ3v) is 6.91. The summed E-state index contributed by atoms with van der Waals surface area (Å²) in [6, 6.07) is 11.6. The molecule has 0 bridgehead atoms. The van der Waals surface area contributed by atoms with E-state index < -0.39 is 5.97 Å². The number of aromatic nitrogens is 1. The number of carboxylic acid groups (broad SMARTS) is 1. The number of benzene rings is 2. The van der Waals surface area contributed by atoms with Crippen LogP contribution in [0.1, 0.15) is 36.8 Å². The van der Waals surface area contributed by atoms with E-state index in [4.69, 9.17) is 4.74 Å². The Bertz CT molecular complexity index is 1280. The molecule has 2 heterocycles. The molecule has 0 amide bonds. The van der Waals surface area contributed by atoms with Gasteiger partial charge in [-0.2, -0.15) is 0 Å². The van der Waals surface area contributed by atoms with Crippen molar-refractivity contribution in [3.05, 3.63) is 71.4 Å². The summed E-state index contributed by atoms with van der Waals surface area (Å²) in [7, 11) is 1.58. The maximum absolute atomic E-state index is 14.7. The van der Waals surface area contributed by atoms with E-state index in [9.17, 15) is 18.7 Å². The van der Waals surface area contributed by atoms with Gasteiger partial charge in [0.15, 0.2) is 0 Å². The quantitative estimate of drug-likeness (QED) is 0.432. The lowest BCUT2D eigenvalue weighted by molar-refractivity contribution is -0.139. The maximum Gasteiger partial charge on any atom is 0.303 e. The molecule has 5 nitrogen and oxygen atoms in total. The zero-order valence-corrected chi connectivity index (χ0v) is 20.3. The summed E-state index contributed by atoms with van der Waals surface area (Å²) >= 11 is 0. The molecule has 2 aromatic carbocycles. The van der Waals surface area contributed by atoms with Gasteiger partial charge in [-0.3, -0.25) is 14.7 Å². The molecule has 1 N–H and O–H groups in total. The number of pyridine rings is 1. The second-order valence-corrected chi connectivity index (χ2v) is 9.31. The minimum Gasteiger partial charge on any atom is -0.497 e. The summed E-state index contributed by atoms with van der Waals surface area (Å²) in [4.78, 5) is 17.9. The van der Waals surface area contributed by atoms with Crippen LogP contribution >= 0.6 is 0 Å². The molecule has 2 unspecified atom stereocenters. The third kappa shape index (κ3) is 6.58. The van der Waals surface area contributed by atoms with Crippen molar-refractivity contribution in [3.63, 3.8) is 0 Å². The van der Waals surface area contributed by atoms with Crippen molar-refractivity contribution in [1.82, 2.24) is 9.88 Å². The largest absolute Gasteiger partial charge is 0.497 e. The highest BCUT2D eigenvalue weighted by Gasteiger charge is 2.30. The molecule has 0 radical (unpaired) electrons. The molecule has 36 heavy (non-hydrogen) atoms. The highest BCUT2D eigenvalue weighted by atomic mass is 19.1. The molecule has 1 aliphatic rings. The monoisotopic (exact) mass is 492 g/mol. The summed E-state index contributed by atoms with van der Waals surface area (Å²) in [5, 5.41) is 10.2. The minimum absolute atomic E-state index is 0.00587. The Morgan fingerprint density at radius 2 is 2.08 bits per heavy atom. The first-order valence-corrected chi connectivity index (χ1v) is 12.2.